The van der Waals surface area contributed by atoms with Gasteiger partial charge in [0, 0.05) is 33.3 Å². The van der Waals surface area contributed by atoms with E-state index in [2.05, 4.69) is 131 Å². The molecule has 2 aromatic heterocycles. The molecule has 0 saturated carbocycles. The monoisotopic (exact) mass is 490 g/mol. The molecular formula is C34H26N4. The van der Waals surface area contributed by atoms with E-state index in [-0.39, 0.29) is 0 Å². The van der Waals surface area contributed by atoms with Crippen molar-refractivity contribution in [1.82, 2.24) is 19.3 Å². The molecule has 5 aromatic carbocycles. The molecule has 0 spiro atoms. The number of hydrogen-bond donors (Lipinski definition) is 0. The number of fused-ring (bicyclic) bond motifs is 3. The summed E-state index contributed by atoms with van der Waals surface area (Å²) in [5.74, 6) is 1.67. The first kappa shape index (κ1) is 22.3. The summed E-state index contributed by atoms with van der Waals surface area (Å²) >= 11 is 0. The molecule has 38 heavy (non-hydrogen) atoms. The van der Waals surface area contributed by atoms with Crippen LogP contribution < -0.4 is 0 Å². The van der Waals surface area contributed by atoms with Gasteiger partial charge in [0.1, 0.15) is 0 Å². The Morgan fingerprint density at radius 3 is 1.68 bits per heavy atom. The van der Waals surface area contributed by atoms with Crippen molar-refractivity contribution < 1.29 is 0 Å². The number of para-hydroxylation sites is 2. The molecule has 2 heterocycles. The lowest BCUT2D eigenvalue weighted by Crippen LogP contribution is -2.02. The van der Waals surface area contributed by atoms with Crippen molar-refractivity contribution in [1.29, 1.82) is 0 Å². The average molecular weight is 491 g/mol. The van der Waals surface area contributed by atoms with Crippen LogP contribution in [-0.2, 0) is 0 Å². The van der Waals surface area contributed by atoms with E-state index < -0.39 is 0 Å². The van der Waals surface area contributed by atoms with Crippen LogP contribution in [0.5, 0.6) is 0 Å². The molecular weight excluding hydrogens is 464 g/mol. The molecule has 0 unspecified atom stereocenters. The minimum Gasteiger partial charge on any atom is -0.309 e. The second kappa shape index (κ2) is 8.86. The highest BCUT2D eigenvalue weighted by atomic mass is 15.3. The molecule has 0 aliphatic rings. The topological polar surface area (TPSA) is 35.6 Å². The maximum absolute atomic E-state index is 4.70. The maximum Gasteiger partial charge on any atom is 0.169 e. The molecule has 7 aromatic rings. The van der Waals surface area contributed by atoms with Gasteiger partial charge < -0.3 is 4.57 Å². The zero-order valence-corrected chi connectivity index (χ0v) is 21.3. The molecule has 4 heteroatoms. The lowest BCUT2D eigenvalue weighted by Gasteiger charge is -2.14. The Balaban J connectivity index is 1.43. The fraction of sp³-hybridized carbons (Fsp3) is 0.0588. The van der Waals surface area contributed by atoms with Crippen LogP contribution in [-0.4, -0.2) is 19.3 Å². The normalized spacial score (nSPS) is 11.4. The third-order valence-electron chi connectivity index (χ3n) is 7.49. The predicted octanol–water partition coefficient (Wildman–Crippen LogP) is 8.32. The van der Waals surface area contributed by atoms with Gasteiger partial charge in [0.2, 0.25) is 0 Å². The summed E-state index contributed by atoms with van der Waals surface area (Å²) in [6.07, 6.45) is 0. The van der Waals surface area contributed by atoms with E-state index in [0.717, 1.165) is 34.2 Å². The zero-order chi connectivity index (χ0) is 25.6. The van der Waals surface area contributed by atoms with Crippen LogP contribution in [0.1, 0.15) is 11.1 Å². The first-order valence-electron chi connectivity index (χ1n) is 12.9. The van der Waals surface area contributed by atoms with Crippen molar-refractivity contribution in [3.05, 3.63) is 132 Å². The third-order valence-corrected chi connectivity index (χ3v) is 7.49. The number of benzene rings is 5. The van der Waals surface area contributed by atoms with Gasteiger partial charge in [-0.3, -0.25) is 4.57 Å². The van der Waals surface area contributed by atoms with Crippen molar-refractivity contribution in [2.45, 2.75) is 13.8 Å². The zero-order valence-electron chi connectivity index (χ0n) is 21.3. The van der Waals surface area contributed by atoms with Crippen LogP contribution in [0.4, 0.5) is 0 Å². The lowest BCUT2D eigenvalue weighted by molar-refractivity contribution is 1.06. The highest BCUT2D eigenvalue weighted by molar-refractivity contribution is 6.09. The summed E-state index contributed by atoms with van der Waals surface area (Å²) in [5.41, 5.74) is 9.11. The second-order valence-electron chi connectivity index (χ2n) is 9.68. The van der Waals surface area contributed by atoms with Crippen molar-refractivity contribution in [3.63, 3.8) is 0 Å². The van der Waals surface area contributed by atoms with E-state index in [4.69, 9.17) is 5.10 Å². The quantitative estimate of drug-likeness (QED) is 0.249. The first-order chi connectivity index (χ1) is 18.7. The van der Waals surface area contributed by atoms with Gasteiger partial charge in [0.15, 0.2) is 11.6 Å². The van der Waals surface area contributed by atoms with E-state index in [1.807, 2.05) is 18.2 Å². The van der Waals surface area contributed by atoms with Gasteiger partial charge in [-0.2, -0.15) is 0 Å². The molecule has 0 bridgehead atoms. The SMILES string of the molecule is Cc1cccc(-c2nnc(-c3ccccc3)n2-c2ccc(-n3c4ccccc4c4ccccc43)cc2)c1C. The molecule has 4 nitrogen and oxygen atoms in total. The fourth-order valence-electron chi connectivity index (χ4n) is 5.42. The molecule has 0 radical (unpaired) electrons. The Bertz CT molecular complexity index is 1870. The molecule has 0 N–H and O–H groups in total. The maximum atomic E-state index is 4.70. The Hall–Kier alpha value is -4.96. The van der Waals surface area contributed by atoms with Gasteiger partial charge in [-0.1, -0.05) is 84.9 Å². The summed E-state index contributed by atoms with van der Waals surface area (Å²) in [7, 11) is 0. The summed E-state index contributed by atoms with van der Waals surface area (Å²) < 4.78 is 4.51. The highest BCUT2D eigenvalue weighted by Gasteiger charge is 2.19. The number of aryl methyl sites for hydroxylation is 1. The van der Waals surface area contributed by atoms with E-state index in [1.54, 1.807) is 0 Å². The number of aromatic nitrogens is 4. The molecule has 0 aliphatic carbocycles. The minimum atomic E-state index is 0.825. The van der Waals surface area contributed by atoms with Gasteiger partial charge in [0.25, 0.3) is 0 Å². The molecule has 0 aliphatic heterocycles. The highest BCUT2D eigenvalue weighted by Crippen LogP contribution is 2.34. The Morgan fingerprint density at radius 2 is 1.03 bits per heavy atom. The van der Waals surface area contributed by atoms with E-state index in [0.29, 0.717) is 0 Å². The molecule has 182 valence electrons. The number of nitrogens with zero attached hydrogens (tertiary/aromatic N) is 4. The third kappa shape index (κ3) is 3.46. The van der Waals surface area contributed by atoms with Crippen LogP contribution >= 0.6 is 0 Å². The van der Waals surface area contributed by atoms with Crippen LogP contribution in [0.3, 0.4) is 0 Å². The van der Waals surface area contributed by atoms with Gasteiger partial charge >= 0.3 is 0 Å². The second-order valence-corrected chi connectivity index (χ2v) is 9.68. The summed E-state index contributed by atoms with van der Waals surface area (Å²) in [6.45, 7) is 4.29. The number of rotatable bonds is 4. The Morgan fingerprint density at radius 1 is 0.474 bits per heavy atom. The molecule has 0 saturated heterocycles. The standard InChI is InChI=1S/C34H26N4/c1-23-11-10-16-28(24(23)2)34-36-35-33(25-12-4-3-5-13-25)38(34)27-21-19-26(20-22-27)37-31-17-8-6-14-29(31)30-15-7-9-18-32(30)37/h3-22H,1-2H3. The van der Waals surface area contributed by atoms with Crippen molar-refractivity contribution >= 4 is 21.8 Å². The van der Waals surface area contributed by atoms with E-state index in [9.17, 15) is 0 Å². The smallest absolute Gasteiger partial charge is 0.169 e. The lowest BCUT2D eigenvalue weighted by atomic mass is 10.0. The largest absolute Gasteiger partial charge is 0.309 e. The molecule has 0 atom stereocenters. The van der Waals surface area contributed by atoms with Crippen LogP contribution in [0.15, 0.2) is 121 Å². The summed E-state index contributed by atoms with van der Waals surface area (Å²) in [5, 5.41) is 11.9. The molecule has 0 fully saturated rings. The van der Waals surface area contributed by atoms with E-state index >= 15 is 0 Å². The molecule has 0 amide bonds. The van der Waals surface area contributed by atoms with Crippen LogP contribution in [0.2, 0.25) is 0 Å². The van der Waals surface area contributed by atoms with Gasteiger partial charge in [0.05, 0.1) is 11.0 Å². The van der Waals surface area contributed by atoms with Crippen LogP contribution in [0, 0.1) is 13.8 Å². The predicted molar refractivity (Wildman–Crippen MR) is 156 cm³/mol. The van der Waals surface area contributed by atoms with Crippen molar-refractivity contribution in [2.75, 3.05) is 0 Å². The Kier molecular flexibility index (Phi) is 5.19. The van der Waals surface area contributed by atoms with Crippen molar-refractivity contribution in [2.24, 2.45) is 0 Å². The average Bonchev–Trinajstić information content (AvgIpc) is 3.55. The van der Waals surface area contributed by atoms with Crippen LogP contribution in [0.25, 0.3) is 56.0 Å². The van der Waals surface area contributed by atoms with Gasteiger partial charge in [-0.05, 0) is 61.4 Å². The molecule has 7 rings (SSSR count). The Labute approximate surface area is 221 Å². The van der Waals surface area contributed by atoms with Gasteiger partial charge in [-0.25, -0.2) is 0 Å². The minimum absolute atomic E-state index is 0.825. The number of hydrogen-bond acceptors (Lipinski definition) is 2. The summed E-state index contributed by atoms with van der Waals surface area (Å²) in [6, 6.07) is 42.5. The van der Waals surface area contributed by atoms with Crippen molar-refractivity contribution in [3.8, 4) is 34.2 Å². The first-order valence-corrected chi connectivity index (χ1v) is 12.9. The fourth-order valence-corrected chi connectivity index (χ4v) is 5.42. The van der Waals surface area contributed by atoms with E-state index in [1.165, 1.54) is 32.9 Å². The van der Waals surface area contributed by atoms with Gasteiger partial charge in [-0.15, -0.1) is 10.2 Å². The summed E-state index contributed by atoms with van der Waals surface area (Å²) in [4.78, 5) is 0.